The minimum absolute atomic E-state index is 0.343. The minimum Gasteiger partial charge on any atom is -0.266 e. The molecule has 0 radical (unpaired) electrons. The summed E-state index contributed by atoms with van der Waals surface area (Å²) in [5, 5.41) is 5.49. The Morgan fingerprint density at radius 2 is 1.96 bits per heavy atom. The molecule has 1 aliphatic rings. The molecule has 0 spiro atoms. The fraction of sp³-hybridized carbons (Fsp3) is 0.333. The molecule has 0 saturated heterocycles. The maximum absolute atomic E-state index is 13.5. The highest BCUT2D eigenvalue weighted by atomic mass is 32.2. The van der Waals surface area contributed by atoms with E-state index in [0.29, 0.717) is 17.0 Å². The van der Waals surface area contributed by atoms with E-state index in [1.165, 1.54) is 12.1 Å². The van der Waals surface area contributed by atoms with Crippen LogP contribution in [-0.4, -0.2) is 29.4 Å². The van der Waals surface area contributed by atoms with E-state index in [1.807, 2.05) is 7.05 Å². The van der Waals surface area contributed by atoms with Gasteiger partial charge in [-0.1, -0.05) is 6.07 Å². The average Bonchev–Trinajstić information content (AvgIpc) is 3.37. The van der Waals surface area contributed by atoms with Crippen LogP contribution < -0.4 is 0 Å². The highest BCUT2D eigenvalue weighted by molar-refractivity contribution is 7.90. The third kappa shape index (κ3) is 2.78. The van der Waals surface area contributed by atoms with Crippen LogP contribution in [-0.2, 0) is 16.9 Å². The van der Waals surface area contributed by atoms with E-state index in [4.69, 9.17) is 0 Å². The van der Waals surface area contributed by atoms with Gasteiger partial charge in [0.25, 0.3) is 6.43 Å². The van der Waals surface area contributed by atoms with E-state index < -0.39 is 21.8 Å². The first-order valence-electron chi connectivity index (χ1n) is 8.20. The van der Waals surface area contributed by atoms with Crippen LogP contribution in [0.15, 0.2) is 35.5 Å². The van der Waals surface area contributed by atoms with Gasteiger partial charge < -0.3 is 0 Å². The molecule has 8 heteroatoms. The molecule has 0 bridgehead atoms. The van der Waals surface area contributed by atoms with Crippen molar-refractivity contribution >= 4 is 20.7 Å². The van der Waals surface area contributed by atoms with Gasteiger partial charge in [0.2, 0.25) is 0 Å². The Balaban J connectivity index is 1.98. The Kier molecular flexibility index (Phi) is 3.83. The van der Waals surface area contributed by atoms with Crippen molar-refractivity contribution < 1.29 is 17.2 Å². The SMILES string of the molecule is Cn1nc(C2CC2)c2c(-c3ccc(S(C)(=O)=O)c(C(F)F)c3)cncc21. The summed E-state index contributed by atoms with van der Waals surface area (Å²) >= 11 is 0. The van der Waals surface area contributed by atoms with E-state index in [-0.39, 0.29) is 4.90 Å². The smallest absolute Gasteiger partial charge is 0.265 e. The van der Waals surface area contributed by atoms with Crippen LogP contribution in [0.3, 0.4) is 0 Å². The predicted molar refractivity (Wildman–Crippen MR) is 94.0 cm³/mol. The topological polar surface area (TPSA) is 64.8 Å². The third-order valence-corrected chi connectivity index (χ3v) is 5.88. The molecule has 3 aromatic rings. The number of hydrogen-bond acceptors (Lipinski definition) is 4. The lowest BCUT2D eigenvalue weighted by Crippen LogP contribution is -2.03. The fourth-order valence-electron chi connectivity index (χ4n) is 3.32. The maximum atomic E-state index is 13.5. The lowest BCUT2D eigenvalue weighted by atomic mass is 9.99. The van der Waals surface area contributed by atoms with Crippen molar-refractivity contribution in [2.75, 3.05) is 6.26 Å². The van der Waals surface area contributed by atoms with E-state index in [2.05, 4.69) is 10.1 Å². The van der Waals surface area contributed by atoms with Gasteiger partial charge in [0.05, 0.1) is 22.3 Å². The number of fused-ring (bicyclic) bond motifs is 1. The van der Waals surface area contributed by atoms with Gasteiger partial charge >= 0.3 is 0 Å². The van der Waals surface area contributed by atoms with Crippen LogP contribution in [0.1, 0.15) is 36.4 Å². The Morgan fingerprint density at radius 1 is 1.23 bits per heavy atom. The first-order valence-corrected chi connectivity index (χ1v) is 10.1. The monoisotopic (exact) mass is 377 g/mol. The number of aromatic nitrogens is 3. The van der Waals surface area contributed by atoms with E-state index in [9.17, 15) is 17.2 Å². The number of alkyl halides is 2. The van der Waals surface area contributed by atoms with Gasteiger partial charge in [0.1, 0.15) is 0 Å². The molecule has 5 nitrogen and oxygen atoms in total. The Morgan fingerprint density at radius 3 is 2.58 bits per heavy atom. The van der Waals surface area contributed by atoms with E-state index in [1.54, 1.807) is 23.1 Å². The van der Waals surface area contributed by atoms with Crippen LogP contribution >= 0.6 is 0 Å². The highest BCUT2D eigenvalue weighted by Crippen LogP contribution is 2.45. The van der Waals surface area contributed by atoms with Gasteiger partial charge in [-0.15, -0.1) is 0 Å². The molecule has 1 saturated carbocycles. The molecule has 0 unspecified atom stereocenters. The number of sulfone groups is 1. The molecule has 1 fully saturated rings. The molecular weight excluding hydrogens is 360 g/mol. The number of benzene rings is 1. The molecule has 1 aliphatic carbocycles. The van der Waals surface area contributed by atoms with Crippen molar-refractivity contribution in [1.82, 2.24) is 14.8 Å². The van der Waals surface area contributed by atoms with Crippen molar-refractivity contribution in [2.24, 2.45) is 7.05 Å². The summed E-state index contributed by atoms with van der Waals surface area (Å²) in [5.74, 6) is 0.379. The van der Waals surface area contributed by atoms with E-state index in [0.717, 1.165) is 35.7 Å². The second kappa shape index (κ2) is 5.84. The quantitative estimate of drug-likeness (QED) is 0.693. The number of hydrogen-bond donors (Lipinski definition) is 0. The summed E-state index contributed by atoms with van der Waals surface area (Å²) in [5.41, 5.74) is 2.50. The summed E-state index contributed by atoms with van der Waals surface area (Å²) in [4.78, 5) is 3.88. The maximum Gasteiger partial charge on any atom is 0.265 e. The number of aryl methyl sites for hydroxylation is 1. The van der Waals surface area contributed by atoms with Crippen LogP contribution in [0.5, 0.6) is 0 Å². The molecule has 136 valence electrons. The van der Waals surface area contributed by atoms with Crippen LogP contribution in [0, 0.1) is 0 Å². The normalized spacial score (nSPS) is 15.1. The number of pyridine rings is 1. The molecule has 0 aliphatic heterocycles. The predicted octanol–water partition coefficient (Wildman–Crippen LogP) is 3.85. The average molecular weight is 377 g/mol. The standard InChI is InChI=1S/C18H17F2N3O2S/c1-23-14-9-21-8-13(16(14)17(22-23)10-3-4-10)11-5-6-15(26(2,24)25)12(7-11)18(19)20/h5-10,18H,3-4H2,1-2H3. The summed E-state index contributed by atoms with van der Waals surface area (Å²) in [7, 11) is -1.91. The molecule has 2 heterocycles. The third-order valence-electron chi connectivity index (χ3n) is 4.71. The van der Waals surface area contributed by atoms with Crippen molar-refractivity contribution in [3.63, 3.8) is 0 Å². The second-order valence-corrected chi connectivity index (χ2v) is 8.67. The van der Waals surface area contributed by atoms with Gasteiger partial charge in [-0.3, -0.25) is 9.67 Å². The lowest BCUT2D eigenvalue weighted by molar-refractivity contribution is 0.148. The van der Waals surface area contributed by atoms with Crippen molar-refractivity contribution in [3.05, 3.63) is 41.9 Å². The van der Waals surface area contributed by atoms with Gasteiger partial charge in [0, 0.05) is 41.9 Å². The molecule has 1 aromatic carbocycles. The Labute approximate surface area is 149 Å². The summed E-state index contributed by atoms with van der Waals surface area (Å²) in [6.45, 7) is 0. The van der Waals surface area contributed by atoms with Gasteiger partial charge in [0.15, 0.2) is 9.84 Å². The summed E-state index contributed by atoms with van der Waals surface area (Å²) < 4.78 is 52.4. The van der Waals surface area contributed by atoms with Crippen LogP contribution in [0.2, 0.25) is 0 Å². The molecule has 0 atom stereocenters. The molecule has 2 aromatic heterocycles. The van der Waals surface area contributed by atoms with Crippen LogP contribution in [0.25, 0.3) is 22.0 Å². The summed E-state index contributed by atoms with van der Waals surface area (Å²) in [6.07, 6.45) is 3.50. The van der Waals surface area contributed by atoms with Gasteiger partial charge in [-0.2, -0.15) is 5.10 Å². The number of halogens is 2. The zero-order valence-electron chi connectivity index (χ0n) is 14.3. The molecule has 4 rings (SSSR count). The zero-order chi connectivity index (χ0) is 18.6. The second-order valence-electron chi connectivity index (χ2n) is 6.69. The van der Waals surface area contributed by atoms with Gasteiger partial charge in [-0.25, -0.2) is 17.2 Å². The fourth-order valence-corrected chi connectivity index (χ4v) is 4.21. The van der Waals surface area contributed by atoms with Crippen molar-refractivity contribution in [1.29, 1.82) is 0 Å². The lowest BCUT2D eigenvalue weighted by Gasteiger charge is -2.11. The molecule has 26 heavy (non-hydrogen) atoms. The molecule has 0 N–H and O–H groups in total. The molecule has 0 amide bonds. The van der Waals surface area contributed by atoms with Gasteiger partial charge in [-0.05, 0) is 30.5 Å². The van der Waals surface area contributed by atoms with Crippen molar-refractivity contribution in [3.8, 4) is 11.1 Å². The van der Waals surface area contributed by atoms with E-state index >= 15 is 0 Å². The number of rotatable bonds is 4. The Bertz CT molecular complexity index is 1120. The summed E-state index contributed by atoms with van der Waals surface area (Å²) in [6, 6.07) is 4.06. The highest BCUT2D eigenvalue weighted by Gasteiger charge is 2.30. The Hall–Kier alpha value is -2.35. The largest absolute Gasteiger partial charge is 0.266 e. The van der Waals surface area contributed by atoms with Crippen molar-refractivity contribution in [2.45, 2.75) is 30.1 Å². The minimum atomic E-state index is -3.74. The van der Waals surface area contributed by atoms with Crippen LogP contribution in [0.4, 0.5) is 8.78 Å². The number of nitrogens with zero attached hydrogens (tertiary/aromatic N) is 3. The molecular formula is C18H17F2N3O2S. The first-order chi connectivity index (χ1) is 12.3. The zero-order valence-corrected chi connectivity index (χ0v) is 15.1. The first kappa shape index (κ1) is 17.1.